The highest BCUT2D eigenvalue weighted by atomic mass is 32.1. The van der Waals surface area contributed by atoms with Gasteiger partial charge in [-0.1, -0.05) is 19.8 Å². The van der Waals surface area contributed by atoms with E-state index in [1.807, 2.05) is 0 Å². The van der Waals surface area contributed by atoms with E-state index in [0.717, 1.165) is 5.05 Å². The number of rotatable bonds is 1. The summed E-state index contributed by atoms with van der Waals surface area (Å²) < 4.78 is 5.07. The highest BCUT2D eigenvalue weighted by Crippen LogP contribution is 2.38. The zero-order valence-electron chi connectivity index (χ0n) is 6.64. The third-order valence-corrected chi connectivity index (χ3v) is 3.04. The first-order valence-corrected chi connectivity index (χ1v) is 4.18. The van der Waals surface area contributed by atoms with Gasteiger partial charge in [-0.05, 0) is 25.1 Å². The van der Waals surface area contributed by atoms with E-state index >= 15 is 0 Å². The molecule has 2 heteroatoms. The summed E-state index contributed by atoms with van der Waals surface area (Å²) in [5, 5.41) is 0.796. The molecule has 0 radical (unpaired) electrons. The van der Waals surface area contributed by atoms with Crippen molar-refractivity contribution < 1.29 is 4.74 Å². The van der Waals surface area contributed by atoms with Gasteiger partial charge in [0.15, 0.2) is 5.05 Å². The Labute approximate surface area is 67.8 Å². The van der Waals surface area contributed by atoms with Crippen LogP contribution in [-0.2, 0) is 4.74 Å². The van der Waals surface area contributed by atoms with Crippen LogP contribution >= 0.6 is 12.2 Å². The molecule has 10 heavy (non-hydrogen) atoms. The summed E-state index contributed by atoms with van der Waals surface area (Å²) in [7, 11) is 1.67. The summed E-state index contributed by atoms with van der Waals surface area (Å²) in [5.74, 6) is 0. The zero-order chi connectivity index (χ0) is 7.61. The standard InChI is InChI=1S/C8H14OS/c1-8(7(10)9-2)5-3-4-6-8/h3-6H2,1-2H3. The smallest absolute Gasteiger partial charge is 0.165 e. The highest BCUT2D eigenvalue weighted by molar-refractivity contribution is 7.80. The lowest BCUT2D eigenvalue weighted by molar-refractivity contribution is 0.326. The first kappa shape index (κ1) is 7.99. The van der Waals surface area contributed by atoms with Crippen molar-refractivity contribution in [3.8, 4) is 0 Å². The van der Waals surface area contributed by atoms with E-state index < -0.39 is 0 Å². The predicted octanol–water partition coefficient (Wildman–Crippen LogP) is 2.54. The minimum Gasteiger partial charge on any atom is -0.490 e. The molecule has 1 nitrogen and oxygen atoms in total. The Morgan fingerprint density at radius 2 is 1.90 bits per heavy atom. The van der Waals surface area contributed by atoms with E-state index in [0.29, 0.717) is 0 Å². The Morgan fingerprint density at radius 3 is 2.30 bits per heavy atom. The summed E-state index contributed by atoms with van der Waals surface area (Å²) in [6, 6.07) is 0. The fourth-order valence-corrected chi connectivity index (χ4v) is 1.81. The Morgan fingerprint density at radius 1 is 1.40 bits per heavy atom. The largest absolute Gasteiger partial charge is 0.490 e. The second-order valence-electron chi connectivity index (χ2n) is 3.26. The molecule has 0 heterocycles. The van der Waals surface area contributed by atoms with Crippen molar-refractivity contribution in [1.82, 2.24) is 0 Å². The van der Waals surface area contributed by atoms with E-state index in [-0.39, 0.29) is 5.41 Å². The Bertz CT molecular complexity index is 136. The van der Waals surface area contributed by atoms with Crippen LogP contribution in [0.15, 0.2) is 0 Å². The lowest BCUT2D eigenvalue weighted by Crippen LogP contribution is -2.23. The van der Waals surface area contributed by atoms with Crippen LogP contribution in [0.25, 0.3) is 0 Å². The minimum atomic E-state index is 0.212. The van der Waals surface area contributed by atoms with Crippen LogP contribution in [-0.4, -0.2) is 12.2 Å². The maximum Gasteiger partial charge on any atom is 0.165 e. The number of hydrogen-bond donors (Lipinski definition) is 0. The van der Waals surface area contributed by atoms with Gasteiger partial charge in [-0.15, -0.1) is 0 Å². The van der Waals surface area contributed by atoms with Crippen molar-refractivity contribution in [2.24, 2.45) is 5.41 Å². The average molecular weight is 158 g/mol. The molecule has 0 atom stereocenters. The van der Waals surface area contributed by atoms with Crippen molar-refractivity contribution in [1.29, 1.82) is 0 Å². The lowest BCUT2D eigenvalue weighted by Gasteiger charge is -2.22. The molecule has 0 N–H and O–H groups in total. The second kappa shape index (κ2) is 2.87. The molecule has 1 saturated carbocycles. The first-order chi connectivity index (χ1) is 4.69. The fraction of sp³-hybridized carbons (Fsp3) is 0.875. The first-order valence-electron chi connectivity index (χ1n) is 3.77. The third-order valence-electron chi connectivity index (χ3n) is 2.39. The van der Waals surface area contributed by atoms with Gasteiger partial charge < -0.3 is 4.74 Å². The second-order valence-corrected chi connectivity index (χ2v) is 3.63. The molecule has 1 aliphatic rings. The quantitative estimate of drug-likeness (QED) is 0.542. The van der Waals surface area contributed by atoms with Crippen LogP contribution in [0, 0.1) is 5.41 Å². The molecule has 1 fully saturated rings. The van der Waals surface area contributed by atoms with E-state index in [4.69, 9.17) is 17.0 Å². The van der Waals surface area contributed by atoms with Crippen molar-refractivity contribution >= 4 is 17.3 Å². The molecule has 1 aliphatic carbocycles. The maximum absolute atomic E-state index is 5.11. The van der Waals surface area contributed by atoms with Crippen LogP contribution in [0.4, 0.5) is 0 Å². The Hall–Kier alpha value is -0.110. The van der Waals surface area contributed by atoms with Crippen molar-refractivity contribution in [2.45, 2.75) is 32.6 Å². The van der Waals surface area contributed by atoms with E-state index in [1.165, 1.54) is 25.7 Å². The van der Waals surface area contributed by atoms with Crippen LogP contribution in [0.1, 0.15) is 32.6 Å². The summed E-state index contributed by atoms with van der Waals surface area (Å²) >= 11 is 5.11. The normalized spacial score (nSPS) is 22.6. The molecule has 1 rings (SSSR count). The van der Waals surface area contributed by atoms with Gasteiger partial charge in [-0.25, -0.2) is 0 Å². The predicted molar refractivity (Wildman–Crippen MR) is 46.2 cm³/mol. The van der Waals surface area contributed by atoms with Crippen LogP contribution in [0.3, 0.4) is 0 Å². The molecule has 0 bridgehead atoms. The van der Waals surface area contributed by atoms with Crippen LogP contribution in [0.2, 0.25) is 0 Å². The number of hydrogen-bond acceptors (Lipinski definition) is 2. The number of methoxy groups -OCH3 is 1. The number of ether oxygens (including phenoxy) is 1. The van der Waals surface area contributed by atoms with Gasteiger partial charge in [0.2, 0.25) is 0 Å². The average Bonchev–Trinajstić information content (AvgIpc) is 2.36. The van der Waals surface area contributed by atoms with Crippen molar-refractivity contribution in [2.75, 3.05) is 7.11 Å². The lowest BCUT2D eigenvalue weighted by atomic mass is 9.90. The molecule has 0 amide bonds. The molecule has 0 unspecified atom stereocenters. The molecular weight excluding hydrogens is 144 g/mol. The molecule has 0 aromatic heterocycles. The topological polar surface area (TPSA) is 9.23 Å². The van der Waals surface area contributed by atoms with Crippen molar-refractivity contribution in [3.63, 3.8) is 0 Å². The van der Waals surface area contributed by atoms with Crippen molar-refractivity contribution in [3.05, 3.63) is 0 Å². The van der Waals surface area contributed by atoms with Gasteiger partial charge >= 0.3 is 0 Å². The Kier molecular flexibility index (Phi) is 2.29. The SMILES string of the molecule is COC(=S)C1(C)CCCC1. The molecule has 0 spiro atoms. The molecule has 0 aromatic carbocycles. The molecule has 0 aliphatic heterocycles. The maximum atomic E-state index is 5.11. The van der Waals surface area contributed by atoms with Gasteiger partial charge in [-0.3, -0.25) is 0 Å². The summed E-state index contributed by atoms with van der Waals surface area (Å²) in [6.07, 6.45) is 5.03. The third kappa shape index (κ3) is 1.31. The van der Waals surface area contributed by atoms with E-state index in [2.05, 4.69) is 6.92 Å². The molecule has 58 valence electrons. The molecule has 0 saturated heterocycles. The van der Waals surface area contributed by atoms with Gasteiger partial charge in [0.25, 0.3) is 0 Å². The summed E-state index contributed by atoms with van der Waals surface area (Å²) in [6.45, 7) is 2.20. The fourth-order valence-electron chi connectivity index (χ4n) is 1.61. The van der Waals surface area contributed by atoms with Crippen LogP contribution < -0.4 is 0 Å². The highest BCUT2D eigenvalue weighted by Gasteiger charge is 2.33. The van der Waals surface area contributed by atoms with E-state index in [1.54, 1.807) is 7.11 Å². The summed E-state index contributed by atoms with van der Waals surface area (Å²) in [4.78, 5) is 0. The zero-order valence-corrected chi connectivity index (χ0v) is 7.46. The minimum absolute atomic E-state index is 0.212. The number of thiocarbonyl (C=S) groups is 1. The van der Waals surface area contributed by atoms with Gasteiger partial charge in [0.1, 0.15) is 0 Å². The molecular formula is C8H14OS. The van der Waals surface area contributed by atoms with Gasteiger partial charge in [0, 0.05) is 5.41 Å². The van der Waals surface area contributed by atoms with Crippen LogP contribution in [0.5, 0.6) is 0 Å². The summed E-state index contributed by atoms with van der Waals surface area (Å²) in [5.41, 5.74) is 0.212. The monoisotopic (exact) mass is 158 g/mol. The van der Waals surface area contributed by atoms with Gasteiger partial charge in [0.05, 0.1) is 7.11 Å². The van der Waals surface area contributed by atoms with E-state index in [9.17, 15) is 0 Å². The van der Waals surface area contributed by atoms with Gasteiger partial charge in [-0.2, -0.15) is 0 Å². The molecule has 0 aromatic rings. The Balaban J connectivity index is 2.58.